The van der Waals surface area contributed by atoms with E-state index in [4.69, 9.17) is 27.9 Å². The number of methoxy groups -OCH3 is 1. The molecule has 0 unspecified atom stereocenters. The van der Waals surface area contributed by atoms with Gasteiger partial charge in [-0.05, 0) is 31.5 Å². The normalized spacial score (nSPS) is 11.6. The van der Waals surface area contributed by atoms with Crippen LogP contribution in [0.3, 0.4) is 0 Å². The van der Waals surface area contributed by atoms with E-state index in [1.807, 2.05) is 13.8 Å². The molecule has 17 heavy (non-hydrogen) atoms. The molecule has 1 aromatic carbocycles. The van der Waals surface area contributed by atoms with Crippen molar-refractivity contribution in [2.24, 2.45) is 0 Å². The second-order valence-corrected chi connectivity index (χ2v) is 5.44. The number of carbonyl (C=O) groups is 1. The predicted octanol–water partition coefficient (Wildman–Crippen LogP) is 3.92. The summed E-state index contributed by atoms with van der Waals surface area (Å²) in [6.45, 7) is 3.77. The first-order chi connectivity index (χ1) is 7.84. The van der Waals surface area contributed by atoms with Crippen molar-refractivity contribution in [3.63, 3.8) is 0 Å². The number of ether oxygens (including phenoxy) is 1. The van der Waals surface area contributed by atoms with Crippen LogP contribution >= 0.6 is 23.2 Å². The molecule has 0 bridgehead atoms. The van der Waals surface area contributed by atoms with E-state index in [2.05, 4.69) is 0 Å². The van der Waals surface area contributed by atoms with Crippen LogP contribution in [0.25, 0.3) is 0 Å². The van der Waals surface area contributed by atoms with E-state index in [1.54, 1.807) is 25.3 Å². The molecule has 0 saturated carbocycles. The maximum atomic E-state index is 11.9. The summed E-state index contributed by atoms with van der Waals surface area (Å²) in [6, 6.07) is 5.16. The Morgan fingerprint density at radius 3 is 2.53 bits per heavy atom. The van der Waals surface area contributed by atoms with Crippen molar-refractivity contribution >= 4 is 29.0 Å². The van der Waals surface area contributed by atoms with Crippen molar-refractivity contribution in [3.8, 4) is 0 Å². The topological polar surface area (TPSA) is 26.3 Å². The highest BCUT2D eigenvalue weighted by Crippen LogP contribution is 2.23. The van der Waals surface area contributed by atoms with Gasteiger partial charge in [-0.1, -0.05) is 29.3 Å². The summed E-state index contributed by atoms with van der Waals surface area (Å²) in [4.78, 5) is 11.9. The minimum atomic E-state index is -0.435. The Morgan fingerprint density at radius 1 is 1.35 bits per heavy atom. The van der Waals surface area contributed by atoms with E-state index in [0.717, 1.165) is 5.56 Å². The van der Waals surface area contributed by atoms with E-state index in [0.29, 0.717) is 22.9 Å². The van der Waals surface area contributed by atoms with Crippen LogP contribution in [0.5, 0.6) is 0 Å². The zero-order chi connectivity index (χ0) is 13.1. The summed E-state index contributed by atoms with van der Waals surface area (Å²) >= 11 is 11.8. The van der Waals surface area contributed by atoms with Crippen molar-refractivity contribution in [1.82, 2.24) is 0 Å². The summed E-state index contributed by atoms with van der Waals surface area (Å²) in [5.74, 6) is 0.0982. The van der Waals surface area contributed by atoms with Gasteiger partial charge in [0.2, 0.25) is 0 Å². The zero-order valence-corrected chi connectivity index (χ0v) is 11.7. The van der Waals surface area contributed by atoms with Crippen molar-refractivity contribution in [3.05, 3.63) is 33.8 Å². The first-order valence-electron chi connectivity index (χ1n) is 5.35. The van der Waals surface area contributed by atoms with Crippen LogP contribution in [0.2, 0.25) is 10.0 Å². The third kappa shape index (κ3) is 4.66. The van der Waals surface area contributed by atoms with Crippen molar-refractivity contribution < 1.29 is 9.53 Å². The monoisotopic (exact) mass is 274 g/mol. The van der Waals surface area contributed by atoms with Crippen LogP contribution in [0.4, 0.5) is 0 Å². The van der Waals surface area contributed by atoms with Gasteiger partial charge in [0.05, 0.1) is 5.60 Å². The molecule has 0 atom stereocenters. The molecule has 1 aromatic rings. The lowest BCUT2D eigenvalue weighted by atomic mass is 9.97. The lowest BCUT2D eigenvalue weighted by Gasteiger charge is -2.21. The van der Waals surface area contributed by atoms with Gasteiger partial charge < -0.3 is 4.74 Å². The number of hydrogen-bond acceptors (Lipinski definition) is 2. The molecule has 0 heterocycles. The van der Waals surface area contributed by atoms with Crippen molar-refractivity contribution in [1.29, 1.82) is 0 Å². The van der Waals surface area contributed by atoms with Gasteiger partial charge in [0.1, 0.15) is 5.78 Å². The molecule has 0 aliphatic rings. The van der Waals surface area contributed by atoms with Crippen LogP contribution < -0.4 is 0 Å². The number of ketones is 1. The molecule has 0 aliphatic heterocycles. The van der Waals surface area contributed by atoms with E-state index < -0.39 is 5.60 Å². The zero-order valence-electron chi connectivity index (χ0n) is 10.2. The van der Waals surface area contributed by atoms with E-state index in [-0.39, 0.29) is 5.78 Å². The lowest BCUT2D eigenvalue weighted by Crippen LogP contribution is -2.27. The minimum Gasteiger partial charge on any atom is -0.378 e. The standard InChI is InChI=1S/C13H16Cl2O2/c1-13(2,17-3)8-11(16)6-9-4-5-10(14)7-12(9)15/h4-5,7H,6,8H2,1-3H3. The fourth-order valence-corrected chi connectivity index (χ4v) is 1.96. The van der Waals surface area contributed by atoms with Crippen LogP contribution in [0.1, 0.15) is 25.8 Å². The first-order valence-corrected chi connectivity index (χ1v) is 6.10. The first kappa shape index (κ1) is 14.5. The van der Waals surface area contributed by atoms with Gasteiger partial charge in [-0.25, -0.2) is 0 Å². The van der Waals surface area contributed by atoms with Crippen LogP contribution in [-0.2, 0) is 16.0 Å². The van der Waals surface area contributed by atoms with Gasteiger partial charge in [-0.3, -0.25) is 4.79 Å². The number of carbonyl (C=O) groups excluding carboxylic acids is 1. The SMILES string of the molecule is COC(C)(C)CC(=O)Cc1ccc(Cl)cc1Cl. The molecule has 94 valence electrons. The molecule has 0 N–H and O–H groups in total. The summed E-state index contributed by atoms with van der Waals surface area (Å²) in [7, 11) is 1.60. The molecular formula is C13H16Cl2O2. The lowest BCUT2D eigenvalue weighted by molar-refractivity contribution is -0.123. The number of Topliss-reactive ketones (excluding diaryl/α,β-unsaturated/α-hetero) is 1. The largest absolute Gasteiger partial charge is 0.378 e. The summed E-state index contributed by atoms with van der Waals surface area (Å²) in [5, 5.41) is 1.10. The van der Waals surface area contributed by atoms with Gasteiger partial charge >= 0.3 is 0 Å². The van der Waals surface area contributed by atoms with Crippen molar-refractivity contribution in [2.45, 2.75) is 32.3 Å². The van der Waals surface area contributed by atoms with Gasteiger partial charge in [0.15, 0.2) is 0 Å². The maximum absolute atomic E-state index is 11.9. The quantitative estimate of drug-likeness (QED) is 0.814. The Morgan fingerprint density at radius 2 is 2.00 bits per heavy atom. The fourth-order valence-electron chi connectivity index (χ4n) is 1.49. The number of halogens is 2. The highest BCUT2D eigenvalue weighted by Gasteiger charge is 2.21. The number of benzene rings is 1. The van der Waals surface area contributed by atoms with E-state index in [1.165, 1.54) is 0 Å². The molecule has 4 heteroatoms. The number of rotatable bonds is 5. The Balaban J connectivity index is 2.69. The molecule has 0 amide bonds. The minimum absolute atomic E-state index is 0.0982. The maximum Gasteiger partial charge on any atom is 0.140 e. The number of hydrogen-bond donors (Lipinski definition) is 0. The molecule has 0 spiro atoms. The molecule has 0 aromatic heterocycles. The molecule has 1 rings (SSSR count). The molecule has 0 fully saturated rings. The Hall–Kier alpha value is -0.570. The molecule has 0 aliphatic carbocycles. The van der Waals surface area contributed by atoms with Gasteiger partial charge in [0.25, 0.3) is 0 Å². The van der Waals surface area contributed by atoms with E-state index in [9.17, 15) is 4.79 Å². The smallest absolute Gasteiger partial charge is 0.140 e. The molecule has 2 nitrogen and oxygen atoms in total. The van der Waals surface area contributed by atoms with Crippen LogP contribution in [0.15, 0.2) is 18.2 Å². The van der Waals surface area contributed by atoms with Crippen LogP contribution in [-0.4, -0.2) is 18.5 Å². The summed E-state index contributed by atoms with van der Waals surface area (Å²) in [5.41, 5.74) is 0.365. The third-order valence-electron chi connectivity index (χ3n) is 2.58. The Kier molecular flexibility index (Phi) is 4.99. The second kappa shape index (κ2) is 5.85. The van der Waals surface area contributed by atoms with Crippen LogP contribution in [0, 0.1) is 0 Å². The summed E-state index contributed by atoms with van der Waals surface area (Å²) < 4.78 is 5.22. The highest BCUT2D eigenvalue weighted by atomic mass is 35.5. The van der Waals surface area contributed by atoms with E-state index >= 15 is 0 Å². The Bertz CT molecular complexity index is 414. The summed E-state index contributed by atoms with van der Waals surface area (Å²) in [6.07, 6.45) is 0.672. The van der Waals surface area contributed by atoms with Gasteiger partial charge in [0, 0.05) is 30.0 Å². The Labute approximate surface area is 112 Å². The average Bonchev–Trinajstić information content (AvgIpc) is 2.21. The van der Waals surface area contributed by atoms with Gasteiger partial charge in [-0.15, -0.1) is 0 Å². The fraction of sp³-hybridized carbons (Fsp3) is 0.462. The average molecular weight is 275 g/mol. The van der Waals surface area contributed by atoms with Crippen molar-refractivity contribution in [2.75, 3.05) is 7.11 Å². The highest BCUT2D eigenvalue weighted by molar-refractivity contribution is 6.35. The molecular weight excluding hydrogens is 259 g/mol. The van der Waals surface area contributed by atoms with Gasteiger partial charge in [-0.2, -0.15) is 0 Å². The third-order valence-corrected chi connectivity index (χ3v) is 3.17. The molecule has 0 radical (unpaired) electrons. The molecule has 0 saturated heterocycles. The predicted molar refractivity (Wildman–Crippen MR) is 70.9 cm³/mol. The second-order valence-electron chi connectivity index (χ2n) is 4.59.